The van der Waals surface area contributed by atoms with Crippen LogP contribution < -0.4 is 10.2 Å². The summed E-state index contributed by atoms with van der Waals surface area (Å²) in [4.78, 5) is 73.1. The van der Waals surface area contributed by atoms with Crippen LogP contribution in [0.3, 0.4) is 0 Å². The monoisotopic (exact) mass is 731 g/mol. The van der Waals surface area contributed by atoms with Crippen molar-refractivity contribution in [3.05, 3.63) is 48.2 Å². The Balaban J connectivity index is 1.57. The Morgan fingerprint density at radius 3 is 2.24 bits per heavy atom. The number of nitrogens with one attached hydrogen (secondary N) is 1. The molecule has 16 nitrogen and oxygen atoms in total. The molecule has 0 radical (unpaired) electrons. The summed E-state index contributed by atoms with van der Waals surface area (Å²) in [5.74, 6) is -3.02. The number of unbranched alkanes of at least 4 members (excludes halogenated alkanes) is 1. The second-order valence-electron chi connectivity index (χ2n) is 12.1. The number of hydrogen-bond donors (Lipinski definition) is 1. The van der Waals surface area contributed by atoms with Gasteiger partial charge < -0.3 is 39.0 Å². The molecule has 3 heterocycles. The number of rotatable bonds is 15. The number of esters is 2. The fourth-order valence-corrected chi connectivity index (χ4v) is 6.57. The number of ether oxygens (including phenoxy) is 4. The van der Waals surface area contributed by atoms with Gasteiger partial charge in [0.15, 0.2) is 0 Å². The Morgan fingerprint density at radius 1 is 0.961 bits per heavy atom. The van der Waals surface area contributed by atoms with Crippen molar-refractivity contribution in [1.82, 2.24) is 20.1 Å². The van der Waals surface area contributed by atoms with Gasteiger partial charge in [0, 0.05) is 71.5 Å². The van der Waals surface area contributed by atoms with E-state index in [0.717, 1.165) is 44.4 Å². The summed E-state index contributed by atoms with van der Waals surface area (Å²) < 4.78 is 39.0. The zero-order valence-electron chi connectivity index (χ0n) is 29.3. The quantitative estimate of drug-likeness (QED) is 0.122. The molecule has 3 unspecified atom stereocenters. The van der Waals surface area contributed by atoms with Crippen LogP contribution in [0, 0.1) is 0 Å². The van der Waals surface area contributed by atoms with Crippen molar-refractivity contribution in [2.45, 2.75) is 58.7 Å². The van der Waals surface area contributed by atoms with Gasteiger partial charge in [-0.2, -0.15) is 0 Å². The minimum atomic E-state index is -3.30. The van der Waals surface area contributed by atoms with Crippen molar-refractivity contribution >= 4 is 43.6 Å². The third-order valence-electron chi connectivity index (χ3n) is 8.26. The number of amides is 3. The molecule has 2 aromatic rings. The first kappa shape index (κ1) is 39.3. The molecule has 3 amide bonds. The van der Waals surface area contributed by atoms with Crippen molar-refractivity contribution in [2.24, 2.45) is 0 Å². The van der Waals surface area contributed by atoms with Crippen LogP contribution in [-0.4, -0.2) is 122 Å². The molecule has 0 spiro atoms. The zero-order chi connectivity index (χ0) is 36.9. The van der Waals surface area contributed by atoms with E-state index in [9.17, 15) is 28.5 Å². The summed E-state index contributed by atoms with van der Waals surface area (Å²) in [6.45, 7) is 4.40. The van der Waals surface area contributed by atoms with Crippen LogP contribution in [0.1, 0.15) is 50.5 Å². The van der Waals surface area contributed by atoms with E-state index in [2.05, 4.69) is 15.2 Å². The van der Waals surface area contributed by atoms with E-state index in [1.54, 1.807) is 13.2 Å². The lowest BCUT2D eigenvalue weighted by molar-refractivity contribution is -0.231. The van der Waals surface area contributed by atoms with E-state index in [4.69, 9.17) is 23.5 Å². The van der Waals surface area contributed by atoms with Gasteiger partial charge >= 0.3 is 24.5 Å². The second kappa shape index (κ2) is 19.2. The number of carbonyl (C=O) groups is 5. The van der Waals surface area contributed by atoms with Crippen molar-refractivity contribution in [3.8, 4) is 11.3 Å². The summed E-state index contributed by atoms with van der Waals surface area (Å²) in [6.07, 6.45) is 1.43. The number of pyridine rings is 1. The third kappa shape index (κ3) is 11.8. The van der Waals surface area contributed by atoms with Gasteiger partial charge in [-0.3, -0.25) is 28.3 Å². The predicted molar refractivity (Wildman–Crippen MR) is 185 cm³/mol. The number of aromatic nitrogens is 1. The normalized spacial score (nSPS) is 17.1. The smallest absolute Gasteiger partial charge is 0.409 e. The van der Waals surface area contributed by atoms with Crippen molar-refractivity contribution in [1.29, 1.82) is 0 Å². The minimum Gasteiger partial charge on any atom is -0.449 e. The molecule has 51 heavy (non-hydrogen) atoms. The van der Waals surface area contributed by atoms with Crippen molar-refractivity contribution < 1.29 is 52.0 Å². The lowest BCUT2D eigenvalue weighted by atomic mass is 10.1. The first-order valence-corrected chi connectivity index (χ1v) is 18.4. The van der Waals surface area contributed by atoms with Crippen molar-refractivity contribution in [3.63, 3.8) is 0 Å². The van der Waals surface area contributed by atoms with E-state index in [-0.39, 0.29) is 38.0 Å². The van der Waals surface area contributed by atoms with Crippen LogP contribution in [0.15, 0.2) is 42.5 Å². The Labute approximate surface area is 297 Å². The van der Waals surface area contributed by atoms with E-state index in [1.807, 2.05) is 43.3 Å². The average molecular weight is 732 g/mol. The molecule has 1 aromatic carbocycles. The van der Waals surface area contributed by atoms with Crippen LogP contribution in [-0.2, 0) is 42.4 Å². The van der Waals surface area contributed by atoms with E-state index >= 15 is 0 Å². The van der Waals surface area contributed by atoms with E-state index in [1.165, 1.54) is 9.80 Å². The number of hydrogen-bond acceptors (Lipinski definition) is 13. The Hall–Kier alpha value is -4.53. The molecule has 1 aromatic heterocycles. The standard InChI is InChI=1S/C34H46N5O11P/c1-5-6-18-47-33(44)38-16-14-37(15-17-38)32(43)30(22-51(45)50-34(48-23(2)40)49-24(3)41)36-31(42)29-20-26(39-13-12-27(21-39)46-4)19-28(35-29)25-10-8-7-9-11-25/h7-11,19-20,27,30,34,51H,5-6,12-18,21-22H2,1-4H3,(H,36,42). The lowest BCUT2D eigenvalue weighted by Crippen LogP contribution is -2.56. The second-order valence-corrected chi connectivity index (χ2v) is 13.5. The molecule has 2 saturated heterocycles. The average Bonchev–Trinajstić information content (AvgIpc) is 3.60. The lowest BCUT2D eigenvalue weighted by Gasteiger charge is -2.36. The third-order valence-corrected chi connectivity index (χ3v) is 9.45. The Morgan fingerprint density at radius 2 is 1.63 bits per heavy atom. The molecule has 17 heteroatoms. The van der Waals surface area contributed by atoms with E-state index in [0.29, 0.717) is 25.4 Å². The number of methoxy groups -OCH3 is 1. The van der Waals surface area contributed by atoms with Gasteiger partial charge in [-0.05, 0) is 25.0 Å². The maximum Gasteiger partial charge on any atom is 0.409 e. The largest absolute Gasteiger partial charge is 0.449 e. The topological polar surface area (TPSA) is 183 Å². The number of benzene rings is 1. The van der Waals surface area contributed by atoms with Gasteiger partial charge in [0.1, 0.15) is 11.7 Å². The molecule has 2 aliphatic rings. The highest BCUT2D eigenvalue weighted by atomic mass is 31.1. The molecule has 0 aliphatic carbocycles. The summed E-state index contributed by atoms with van der Waals surface area (Å²) >= 11 is 0. The van der Waals surface area contributed by atoms with Gasteiger partial charge in [-0.25, -0.2) is 9.78 Å². The Bertz CT molecular complexity index is 1540. The van der Waals surface area contributed by atoms with Gasteiger partial charge in [-0.1, -0.05) is 43.7 Å². The van der Waals surface area contributed by atoms with Crippen LogP contribution in [0.4, 0.5) is 10.5 Å². The molecule has 0 bridgehead atoms. The number of anilines is 1. The molecule has 278 valence electrons. The van der Waals surface area contributed by atoms with E-state index < -0.39 is 56.6 Å². The van der Waals surface area contributed by atoms with Crippen LogP contribution >= 0.6 is 8.03 Å². The molecule has 0 saturated carbocycles. The van der Waals surface area contributed by atoms with Gasteiger partial charge in [0.25, 0.3) is 5.91 Å². The van der Waals surface area contributed by atoms with Crippen LogP contribution in [0.2, 0.25) is 0 Å². The highest BCUT2D eigenvalue weighted by Gasteiger charge is 2.34. The molecule has 2 fully saturated rings. The molecular formula is C34H46N5O11P. The highest BCUT2D eigenvalue weighted by Crippen LogP contribution is 2.30. The SMILES string of the molecule is CCCCOC(=O)N1CCN(C(=O)C(C[PH](=O)OC(OC(C)=O)OC(C)=O)NC(=O)c2cc(N3CCC(OC)C3)cc(-c3ccccc3)n2)CC1. The minimum absolute atomic E-state index is 0.0166. The number of nitrogens with zero attached hydrogens (tertiary/aromatic N) is 4. The summed E-state index contributed by atoms with van der Waals surface area (Å²) in [5.41, 5.74) is 2.06. The van der Waals surface area contributed by atoms with Gasteiger partial charge in [0.05, 0.1) is 24.6 Å². The van der Waals surface area contributed by atoms with Crippen molar-refractivity contribution in [2.75, 3.05) is 64.0 Å². The summed E-state index contributed by atoms with van der Waals surface area (Å²) in [7, 11) is -1.64. The van der Waals surface area contributed by atoms with Crippen LogP contribution in [0.25, 0.3) is 11.3 Å². The van der Waals surface area contributed by atoms with Gasteiger partial charge in [-0.15, -0.1) is 0 Å². The first-order valence-electron chi connectivity index (χ1n) is 16.9. The summed E-state index contributed by atoms with van der Waals surface area (Å²) in [5, 5.41) is 2.69. The fourth-order valence-electron chi connectivity index (χ4n) is 5.55. The number of piperazine rings is 1. The fraction of sp³-hybridized carbons (Fsp3) is 0.529. The first-order chi connectivity index (χ1) is 24.5. The Kier molecular flexibility index (Phi) is 14.8. The summed E-state index contributed by atoms with van der Waals surface area (Å²) in [6, 6.07) is 11.4. The number of carbonyl (C=O) groups excluding carboxylic acids is 5. The molecule has 3 atom stereocenters. The molecule has 2 aliphatic heterocycles. The van der Waals surface area contributed by atoms with Gasteiger partial charge in [0.2, 0.25) is 13.9 Å². The highest BCUT2D eigenvalue weighted by molar-refractivity contribution is 7.39. The van der Waals surface area contributed by atoms with Crippen LogP contribution in [0.5, 0.6) is 0 Å². The zero-order valence-corrected chi connectivity index (χ0v) is 30.3. The molecule has 4 rings (SSSR count). The molecular weight excluding hydrogens is 685 g/mol. The predicted octanol–water partition coefficient (Wildman–Crippen LogP) is 3.05. The molecule has 1 N–H and O–H groups in total. The maximum absolute atomic E-state index is 13.9. The maximum atomic E-state index is 13.9.